The highest BCUT2D eigenvalue weighted by molar-refractivity contribution is 5.88. The number of hydrogen-bond acceptors (Lipinski definition) is 8. The topological polar surface area (TPSA) is 139 Å². The van der Waals surface area contributed by atoms with Crippen LogP contribution < -0.4 is 21.5 Å². The number of amides is 1. The molecule has 1 aromatic heterocycles. The molecule has 0 aliphatic carbocycles. The van der Waals surface area contributed by atoms with Crippen molar-refractivity contribution in [3.63, 3.8) is 0 Å². The first kappa shape index (κ1) is 29.0. The molecule has 1 amide bonds. The van der Waals surface area contributed by atoms with Crippen LogP contribution in [0.1, 0.15) is 22.6 Å². The van der Waals surface area contributed by atoms with Gasteiger partial charge in [-0.05, 0) is 35.4 Å². The fourth-order valence-corrected chi connectivity index (χ4v) is 4.43. The van der Waals surface area contributed by atoms with Crippen LogP contribution in [-0.2, 0) is 20.7 Å². The molecule has 12 heteroatoms. The largest absolute Gasteiger partial charge is 0.487 e. The Morgan fingerprint density at radius 1 is 1.00 bits per heavy atom. The molecule has 1 fully saturated rings. The minimum atomic E-state index is -1.13. The number of nitrogens with one attached hydrogen (secondary N) is 1. The smallest absolute Gasteiger partial charge is 0.404 e. The Hall–Kier alpha value is -4.00. The number of nitrogens with zero attached hydrogens (tertiary/aromatic N) is 1. The molecular weight excluding hydrogens is 529 g/mol. The van der Waals surface area contributed by atoms with Gasteiger partial charge in [0.05, 0.1) is 24.9 Å². The van der Waals surface area contributed by atoms with Crippen molar-refractivity contribution in [1.82, 2.24) is 10.3 Å². The summed E-state index contributed by atoms with van der Waals surface area (Å²) in [6.45, 7) is 0.577. The molecule has 5 N–H and O–H groups in total. The van der Waals surface area contributed by atoms with E-state index in [0.29, 0.717) is 17.7 Å². The molecule has 2 aromatic carbocycles. The van der Waals surface area contributed by atoms with Gasteiger partial charge in [0.2, 0.25) is 0 Å². The standard InChI is InChI=1S/C28H29F3N4O5/c29-19-5-1-16(2-6-19)25(17-3-7-20(30)8-4-17)26(32)24(36)9-18-10-34-12-23(31)27(18)39-15-22-11-35-21(13-38-22)14-40-28(33)37/h1-8,10,12,21-22,25-26,35H,9,11,13-15,32H2,(H2,33,37)/t21-,22-,26+/m0/s1. The summed E-state index contributed by atoms with van der Waals surface area (Å²) in [5.41, 5.74) is 12.7. The Bertz CT molecular complexity index is 1260. The van der Waals surface area contributed by atoms with Gasteiger partial charge >= 0.3 is 6.09 Å². The van der Waals surface area contributed by atoms with Gasteiger partial charge in [0, 0.05) is 30.6 Å². The number of carbonyl (C=O) groups is 2. The third-order valence-corrected chi connectivity index (χ3v) is 6.49. The average Bonchev–Trinajstić information content (AvgIpc) is 2.94. The molecule has 3 aromatic rings. The van der Waals surface area contributed by atoms with Crippen molar-refractivity contribution in [3.05, 3.63) is 95.1 Å². The van der Waals surface area contributed by atoms with Crippen LogP contribution in [0.5, 0.6) is 5.75 Å². The van der Waals surface area contributed by atoms with Gasteiger partial charge in [-0.2, -0.15) is 0 Å². The zero-order valence-corrected chi connectivity index (χ0v) is 21.4. The number of carbonyl (C=O) groups excluding carboxylic acids is 2. The van der Waals surface area contributed by atoms with Gasteiger partial charge in [-0.15, -0.1) is 0 Å². The van der Waals surface area contributed by atoms with Crippen LogP contribution in [0.15, 0.2) is 60.9 Å². The molecule has 1 aliphatic heterocycles. The molecule has 0 bridgehead atoms. The van der Waals surface area contributed by atoms with Crippen LogP contribution in [0.25, 0.3) is 0 Å². The molecule has 2 heterocycles. The van der Waals surface area contributed by atoms with E-state index in [-0.39, 0.29) is 43.6 Å². The molecule has 1 saturated heterocycles. The van der Waals surface area contributed by atoms with Gasteiger partial charge < -0.3 is 31.0 Å². The second-order valence-electron chi connectivity index (χ2n) is 9.36. The number of hydrogen-bond donors (Lipinski definition) is 3. The van der Waals surface area contributed by atoms with Crippen molar-refractivity contribution in [2.24, 2.45) is 11.5 Å². The molecule has 0 spiro atoms. The minimum absolute atomic E-state index is 0.0294. The first-order valence-electron chi connectivity index (χ1n) is 12.5. The maximum absolute atomic E-state index is 14.7. The highest BCUT2D eigenvalue weighted by atomic mass is 19.1. The Balaban J connectivity index is 1.45. The third kappa shape index (κ3) is 7.56. The summed E-state index contributed by atoms with van der Waals surface area (Å²) >= 11 is 0. The zero-order chi connectivity index (χ0) is 28.6. The van der Waals surface area contributed by atoms with E-state index in [2.05, 4.69) is 10.3 Å². The predicted molar refractivity (Wildman–Crippen MR) is 138 cm³/mol. The van der Waals surface area contributed by atoms with Gasteiger partial charge in [0.25, 0.3) is 0 Å². The number of halogens is 3. The molecule has 212 valence electrons. The van der Waals surface area contributed by atoms with Crippen molar-refractivity contribution in [2.75, 3.05) is 26.4 Å². The highest BCUT2D eigenvalue weighted by Crippen LogP contribution is 2.30. The highest BCUT2D eigenvalue weighted by Gasteiger charge is 2.29. The van der Waals surface area contributed by atoms with Crippen LogP contribution in [0.2, 0.25) is 0 Å². The van der Waals surface area contributed by atoms with E-state index >= 15 is 0 Å². The molecule has 0 radical (unpaired) electrons. The van der Waals surface area contributed by atoms with Gasteiger partial charge in [-0.25, -0.2) is 18.0 Å². The first-order valence-corrected chi connectivity index (χ1v) is 12.5. The Kier molecular flexibility index (Phi) is 9.70. The van der Waals surface area contributed by atoms with Crippen LogP contribution in [0.3, 0.4) is 0 Å². The second kappa shape index (κ2) is 13.4. The number of ketones is 1. The number of benzene rings is 2. The molecular formula is C28H29F3N4O5. The lowest BCUT2D eigenvalue weighted by molar-refractivity contribution is -0.120. The molecule has 4 rings (SSSR count). The Morgan fingerprint density at radius 2 is 1.62 bits per heavy atom. The second-order valence-corrected chi connectivity index (χ2v) is 9.36. The molecule has 9 nitrogen and oxygen atoms in total. The number of primary amides is 1. The van der Waals surface area contributed by atoms with E-state index in [1.165, 1.54) is 54.7 Å². The fourth-order valence-electron chi connectivity index (χ4n) is 4.43. The summed E-state index contributed by atoms with van der Waals surface area (Å²) in [5, 5.41) is 3.13. The maximum Gasteiger partial charge on any atom is 0.404 e. The summed E-state index contributed by atoms with van der Waals surface area (Å²) in [7, 11) is 0. The normalized spacial score (nSPS) is 17.8. The minimum Gasteiger partial charge on any atom is -0.487 e. The van der Waals surface area contributed by atoms with E-state index in [1.807, 2.05) is 0 Å². The zero-order valence-electron chi connectivity index (χ0n) is 21.4. The van der Waals surface area contributed by atoms with Crippen LogP contribution in [0, 0.1) is 17.5 Å². The van der Waals surface area contributed by atoms with Crippen LogP contribution in [0.4, 0.5) is 18.0 Å². The first-order chi connectivity index (χ1) is 19.2. The van der Waals surface area contributed by atoms with Gasteiger partial charge in [-0.1, -0.05) is 24.3 Å². The van der Waals surface area contributed by atoms with E-state index in [9.17, 15) is 22.8 Å². The molecule has 0 unspecified atom stereocenters. The van der Waals surface area contributed by atoms with E-state index < -0.39 is 47.4 Å². The van der Waals surface area contributed by atoms with Gasteiger partial charge in [0.1, 0.15) is 31.0 Å². The number of nitrogens with two attached hydrogens (primary N) is 2. The van der Waals surface area contributed by atoms with Crippen molar-refractivity contribution < 1.29 is 37.0 Å². The molecule has 0 saturated carbocycles. The summed E-state index contributed by atoms with van der Waals surface area (Å²) in [4.78, 5) is 28.0. The lowest BCUT2D eigenvalue weighted by atomic mass is 9.82. The number of Topliss-reactive ketones (excluding diaryl/α,β-unsaturated/α-hetero) is 1. The van der Waals surface area contributed by atoms with Crippen molar-refractivity contribution in [2.45, 2.75) is 30.5 Å². The molecule has 40 heavy (non-hydrogen) atoms. The van der Waals surface area contributed by atoms with E-state index in [1.54, 1.807) is 0 Å². The monoisotopic (exact) mass is 558 g/mol. The van der Waals surface area contributed by atoms with Crippen molar-refractivity contribution in [3.8, 4) is 5.75 Å². The number of ether oxygens (including phenoxy) is 3. The Labute approximate surface area is 228 Å². The van der Waals surface area contributed by atoms with Crippen LogP contribution in [-0.4, -0.2) is 61.4 Å². The number of rotatable bonds is 11. The number of pyridine rings is 1. The van der Waals surface area contributed by atoms with E-state index in [4.69, 9.17) is 25.7 Å². The summed E-state index contributed by atoms with van der Waals surface area (Å²) in [6, 6.07) is 9.68. The van der Waals surface area contributed by atoms with Crippen molar-refractivity contribution >= 4 is 11.9 Å². The number of morpholine rings is 1. The lowest BCUT2D eigenvalue weighted by Crippen LogP contribution is -2.50. The molecule has 3 atom stereocenters. The van der Waals surface area contributed by atoms with Crippen molar-refractivity contribution in [1.29, 1.82) is 0 Å². The van der Waals surface area contributed by atoms with E-state index in [0.717, 1.165) is 6.20 Å². The maximum atomic E-state index is 14.7. The quantitative estimate of drug-likeness (QED) is 0.327. The van der Waals surface area contributed by atoms with Gasteiger partial charge in [0.15, 0.2) is 17.3 Å². The number of aromatic nitrogens is 1. The summed E-state index contributed by atoms with van der Waals surface area (Å²) in [5.74, 6) is -3.00. The SMILES string of the molecule is NC(=O)OC[C@@H]1CO[C@H](COc2c(F)cncc2CC(=O)[C@@H](N)C(c2ccc(F)cc2)c2ccc(F)cc2)CN1. The van der Waals surface area contributed by atoms with Gasteiger partial charge in [-0.3, -0.25) is 9.78 Å². The fraction of sp³-hybridized carbons (Fsp3) is 0.321. The lowest BCUT2D eigenvalue weighted by Gasteiger charge is -2.30. The Morgan fingerprint density at radius 3 is 2.17 bits per heavy atom. The predicted octanol–water partition coefficient (Wildman–Crippen LogP) is 2.60. The average molecular weight is 559 g/mol. The molecule has 1 aliphatic rings. The summed E-state index contributed by atoms with van der Waals surface area (Å²) in [6.07, 6.45) is 0.676. The summed E-state index contributed by atoms with van der Waals surface area (Å²) < 4.78 is 58.1. The third-order valence-electron chi connectivity index (χ3n) is 6.49. The van der Waals surface area contributed by atoms with Crippen LogP contribution >= 0.6 is 0 Å².